The maximum absolute atomic E-state index is 13.9. The minimum absolute atomic E-state index is 0.162. The monoisotopic (exact) mass is 686 g/mol. The number of aromatic nitrogens is 2. The SMILES string of the molecule is COc1cc(C)c(-c2nc3ccccc3c(=O)n2N=Cc2cc(Cl)cc(Br)c2OCC(=O)Nc2ccccc2C)cc1C(C)C. The summed E-state index contributed by atoms with van der Waals surface area (Å²) < 4.78 is 13.4. The number of carbonyl (C=O) groups is 1. The number of amides is 1. The van der Waals surface area contributed by atoms with Crippen molar-refractivity contribution >= 4 is 56.2 Å². The molecule has 0 aliphatic rings. The zero-order valence-electron chi connectivity index (χ0n) is 25.5. The Morgan fingerprint density at radius 3 is 2.53 bits per heavy atom. The second kappa shape index (κ2) is 13.7. The van der Waals surface area contributed by atoms with E-state index in [0.717, 1.165) is 28.0 Å². The molecule has 5 aromatic rings. The van der Waals surface area contributed by atoms with Crippen LogP contribution in [0.2, 0.25) is 5.02 Å². The Kier molecular flexibility index (Phi) is 9.70. The number of nitrogens with zero attached hydrogens (tertiary/aromatic N) is 3. The molecule has 0 saturated heterocycles. The lowest BCUT2D eigenvalue weighted by atomic mass is 9.96. The molecule has 0 bridgehead atoms. The molecule has 1 aromatic heterocycles. The molecule has 1 amide bonds. The van der Waals surface area contributed by atoms with E-state index in [1.54, 1.807) is 37.4 Å². The highest BCUT2D eigenvalue weighted by molar-refractivity contribution is 9.10. The average molecular weight is 688 g/mol. The van der Waals surface area contributed by atoms with E-state index in [1.807, 2.05) is 56.3 Å². The van der Waals surface area contributed by atoms with Crippen LogP contribution in [-0.2, 0) is 4.79 Å². The number of benzene rings is 4. The predicted octanol–water partition coefficient (Wildman–Crippen LogP) is 8.13. The summed E-state index contributed by atoms with van der Waals surface area (Å²) >= 11 is 9.90. The van der Waals surface area contributed by atoms with Gasteiger partial charge in [0.05, 0.1) is 28.7 Å². The molecule has 1 N–H and O–H groups in total. The third-order valence-corrected chi connectivity index (χ3v) is 8.12. The summed E-state index contributed by atoms with van der Waals surface area (Å²) in [5, 5.41) is 8.33. The zero-order chi connectivity index (χ0) is 32.2. The lowest BCUT2D eigenvalue weighted by Crippen LogP contribution is -2.22. The van der Waals surface area contributed by atoms with Gasteiger partial charge in [-0.2, -0.15) is 9.78 Å². The highest BCUT2D eigenvalue weighted by atomic mass is 79.9. The molecule has 0 radical (unpaired) electrons. The van der Waals surface area contributed by atoms with Crippen LogP contribution < -0.4 is 20.3 Å². The number of hydrogen-bond donors (Lipinski definition) is 1. The van der Waals surface area contributed by atoms with Crippen LogP contribution in [0, 0.1) is 13.8 Å². The van der Waals surface area contributed by atoms with Crippen molar-refractivity contribution in [1.82, 2.24) is 9.66 Å². The van der Waals surface area contributed by atoms with Crippen LogP contribution >= 0.6 is 27.5 Å². The van der Waals surface area contributed by atoms with Crippen LogP contribution in [0.1, 0.15) is 42.0 Å². The zero-order valence-corrected chi connectivity index (χ0v) is 27.9. The topological polar surface area (TPSA) is 94.8 Å². The van der Waals surface area contributed by atoms with Gasteiger partial charge in [0.25, 0.3) is 11.5 Å². The van der Waals surface area contributed by atoms with Crippen molar-refractivity contribution in [2.75, 3.05) is 19.0 Å². The maximum atomic E-state index is 13.9. The number of methoxy groups -OCH3 is 1. The lowest BCUT2D eigenvalue weighted by molar-refractivity contribution is -0.118. The Morgan fingerprint density at radius 1 is 1.07 bits per heavy atom. The van der Waals surface area contributed by atoms with Crippen molar-refractivity contribution in [3.63, 3.8) is 0 Å². The number of para-hydroxylation sites is 2. The summed E-state index contributed by atoms with van der Waals surface area (Å²) in [4.78, 5) is 31.5. The molecule has 0 unspecified atom stereocenters. The number of rotatable bonds is 9. The smallest absolute Gasteiger partial charge is 0.282 e. The largest absolute Gasteiger partial charge is 0.496 e. The van der Waals surface area contributed by atoms with Crippen LogP contribution in [0.3, 0.4) is 0 Å². The van der Waals surface area contributed by atoms with Crippen molar-refractivity contribution in [2.24, 2.45) is 5.10 Å². The molecule has 230 valence electrons. The fourth-order valence-electron chi connectivity index (χ4n) is 4.96. The molecule has 0 spiro atoms. The maximum Gasteiger partial charge on any atom is 0.282 e. The molecular formula is C35H32BrClN4O4. The fourth-order valence-corrected chi connectivity index (χ4v) is 5.91. The molecule has 45 heavy (non-hydrogen) atoms. The van der Waals surface area contributed by atoms with Gasteiger partial charge in [0.1, 0.15) is 11.5 Å². The van der Waals surface area contributed by atoms with Crippen LogP contribution in [-0.4, -0.2) is 35.5 Å². The van der Waals surface area contributed by atoms with E-state index in [-0.39, 0.29) is 24.0 Å². The molecule has 0 aliphatic heterocycles. The first-order valence-corrected chi connectivity index (χ1v) is 15.5. The molecule has 0 saturated carbocycles. The summed E-state index contributed by atoms with van der Waals surface area (Å²) in [6, 6.07) is 21.9. The van der Waals surface area contributed by atoms with Crippen LogP contribution in [0.4, 0.5) is 5.69 Å². The average Bonchev–Trinajstić information content (AvgIpc) is 3.00. The van der Waals surface area contributed by atoms with Crippen LogP contribution in [0.15, 0.2) is 87.2 Å². The first-order valence-electron chi connectivity index (χ1n) is 14.3. The number of nitrogens with one attached hydrogen (secondary N) is 1. The molecular weight excluding hydrogens is 656 g/mol. The van der Waals surface area contributed by atoms with Crippen LogP contribution in [0.25, 0.3) is 22.3 Å². The molecule has 4 aromatic carbocycles. The predicted molar refractivity (Wildman–Crippen MR) is 184 cm³/mol. The Bertz CT molecular complexity index is 2000. The second-order valence-corrected chi connectivity index (χ2v) is 12.1. The van der Waals surface area contributed by atoms with E-state index in [1.165, 1.54) is 10.9 Å². The van der Waals surface area contributed by atoms with Crippen molar-refractivity contribution in [2.45, 2.75) is 33.6 Å². The van der Waals surface area contributed by atoms with E-state index >= 15 is 0 Å². The Hall–Kier alpha value is -4.47. The molecule has 1 heterocycles. The number of halogens is 2. The van der Waals surface area contributed by atoms with Crippen molar-refractivity contribution in [3.05, 3.63) is 115 Å². The number of aryl methyl sites for hydroxylation is 2. The van der Waals surface area contributed by atoms with Crippen LogP contribution in [0.5, 0.6) is 11.5 Å². The van der Waals surface area contributed by atoms with E-state index in [9.17, 15) is 9.59 Å². The normalized spacial score (nSPS) is 11.4. The Morgan fingerprint density at radius 2 is 1.80 bits per heavy atom. The fraction of sp³-hybridized carbons (Fsp3) is 0.200. The number of ether oxygens (including phenoxy) is 2. The van der Waals surface area contributed by atoms with Gasteiger partial charge in [-0.1, -0.05) is 55.8 Å². The molecule has 0 fully saturated rings. The van der Waals surface area contributed by atoms with Crippen molar-refractivity contribution < 1.29 is 14.3 Å². The van der Waals surface area contributed by atoms with Crippen molar-refractivity contribution in [1.29, 1.82) is 0 Å². The summed E-state index contributed by atoms with van der Waals surface area (Å²) in [5.41, 5.74) is 4.91. The number of anilines is 1. The van der Waals surface area contributed by atoms with Gasteiger partial charge in [-0.25, -0.2) is 4.98 Å². The molecule has 8 nitrogen and oxygen atoms in total. The quantitative estimate of drug-likeness (QED) is 0.158. The van der Waals surface area contributed by atoms with E-state index < -0.39 is 0 Å². The van der Waals surface area contributed by atoms with Gasteiger partial charge in [0, 0.05) is 21.8 Å². The van der Waals surface area contributed by atoms with Gasteiger partial charge < -0.3 is 14.8 Å². The van der Waals surface area contributed by atoms with Gasteiger partial charge >= 0.3 is 0 Å². The van der Waals surface area contributed by atoms with E-state index in [0.29, 0.717) is 43.2 Å². The highest BCUT2D eigenvalue weighted by Crippen LogP contribution is 2.35. The van der Waals surface area contributed by atoms with Gasteiger partial charge in [-0.3, -0.25) is 9.59 Å². The summed E-state index contributed by atoms with van der Waals surface area (Å²) in [7, 11) is 1.64. The third-order valence-electron chi connectivity index (χ3n) is 7.31. The van der Waals surface area contributed by atoms with E-state index in [4.69, 9.17) is 26.1 Å². The minimum Gasteiger partial charge on any atom is -0.496 e. The molecule has 0 atom stereocenters. The number of fused-ring (bicyclic) bond motifs is 1. The summed E-state index contributed by atoms with van der Waals surface area (Å²) in [6.45, 7) is 7.75. The minimum atomic E-state index is -0.339. The highest BCUT2D eigenvalue weighted by Gasteiger charge is 2.19. The Balaban J connectivity index is 1.58. The van der Waals surface area contributed by atoms with Crippen molar-refractivity contribution in [3.8, 4) is 22.9 Å². The van der Waals surface area contributed by atoms with Gasteiger partial charge in [-0.05, 0) is 94.9 Å². The Labute approximate surface area is 274 Å². The first kappa shape index (κ1) is 31.9. The number of carbonyl (C=O) groups excluding carboxylic acids is 1. The third kappa shape index (κ3) is 6.95. The first-order chi connectivity index (χ1) is 21.6. The summed E-state index contributed by atoms with van der Waals surface area (Å²) in [5.74, 6) is 1.31. The number of hydrogen-bond acceptors (Lipinski definition) is 6. The molecule has 0 aliphatic carbocycles. The van der Waals surface area contributed by atoms with E-state index in [2.05, 4.69) is 40.2 Å². The lowest BCUT2D eigenvalue weighted by Gasteiger charge is -2.17. The van der Waals surface area contributed by atoms with Gasteiger partial charge in [0.2, 0.25) is 0 Å². The molecule has 10 heteroatoms. The second-order valence-electron chi connectivity index (χ2n) is 10.8. The van der Waals surface area contributed by atoms with Gasteiger partial charge in [0.15, 0.2) is 12.4 Å². The van der Waals surface area contributed by atoms with Gasteiger partial charge in [-0.15, -0.1) is 0 Å². The standard InChI is InChI=1S/C35H32BrClN4O4/c1-20(2)26-17-27(22(4)14-31(26)44-5)34-40-30-13-9-7-11-25(30)35(43)41(34)38-18-23-15-24(37)16-28(36)33(23)45-19-32(42)39-29-12-8-6-10-21(29)3/h6-18,20H,19H2,1-5H3,(H,39,42). The summed E-state index contributed by atoms with van der Waals surface area (Å²) in [6.07, 6.45) is 1.48. The molecule has 5 rings (SSSR count).